The summed E-state index contributed by atoms with van der Waals surface area (Å²) in [6.07, 6.45) is 5.65. The van der Waals surface area contributed by atoms with E-state index in [1.54, 1.807) is 0 Å². The standard InChI is InChI=1S/C24H33N3O2/c1-6-17-14-21-23(16(5)15-27(21)18(7-2)12-13-28)26-24(17)19-10-11-22(29-9-4)25-20(19)8-3/h10-11,14-15,18,28H,6-9,12-13H2,1-5H3/t18-/m1/s1. The maximum atomic E-state index is 9.47. The zero-order valence-electron chi connectivity index (χ0n) is 18.3. The van der Waals surface area contributed by atoms with Crippen LogP contribution in [0.15, 0.2) is 24.4 Å². The van der Waals surface area contributed by atoms with Crippen molar-refractivity contribution in [3.63, 3.8) is 0 Å². The molecular weight excluding hydrogens is 362 g/mol. The van der Waals surface area contributed by atoms with Gasteiger partial charge in [-0.2, -0.15) is 0 Å². The smallest absolute Gasteiger partial charge is 0.213 e. The van der Waals surface area contributed by atoms with Crippen LogP contribution in [-0.4, -0.2) is 32.9 Å². The number of hydrogen-bond acceptors (Lipinski definition) is 4. The van der Waals surface area contributed by atoms with E-state index in [2.05, 4.69) is 50.6 Å². The Balaban J connectivity index is 2.19. The van der Waals surface area contributed by atoms with Crippen molar-refractivity contribution in [2.24, 2.45) is 0 Å². The summed E-state index contributed by atoms with van der Waals surface area (Å²) in [6, 6.07) is 6.60. The number of pyridine rings is 2. The molecule has 0 fully saturated rings. The Labute approximate surface area is 173 Å². The molecule has 3 aromatic heterocycles. The van der Waals surface area contributed by atoms with Gasteiger partial charge in [0.05, 0.1) is 29.0 Å². The number of fused-ring (bicyclic) bond motifs is 1. The second kappa shape index (κ2) is 9.40. The first-order chi connectivity index (χ1) is 14.1. The van der Waals surface area contributed by atoms with Crippen LogP contribution in [0.2, 0.25) is 0 Å². The fourth-order valence-electron chi connectivity index (χ4n) is 4.06. The van der Waals surface area contributed by atoms with Gasteiger partial charge >= 0.3 is 0 Å². The van der Waals surface area contributed by atoms with Crippen LogP contribution in [0.5, 0.6) is 5.88 Å². The van der Waals surface area contributed by atoms with Crippen molar-refractivity contribution in [1.82, 2.24) is 14.5 Å². The summed E-state index contributed by atoms with van der Waals surface area (Å²) in [5.41, 5.74) is 7.69. The summed E-state index contributed by atoms with van der Waals surface area (Å²) in [4.78, 5) is 9.84. The predicted molar refractivity (Wildman–Crippen MR) is 119 cm³/mol. The summed E-state index contributed by atoms with van der Waals surface area (Å²) in [5.74, 6) is 0.671. The van der Waals surface area contributed by atoms with Gasteiger partial charge in [0.1, 0.15) is 0 Å². The molecule has 0 radical (unpaired) electrons. The molecule has 1 atom stereocenters. The van der Waals surface area contributed by atoms with Gasteiger partial charge in [-0.05, 0) is 62.8 Å². The average Bonchev–Trinajstić information content (AvgIpc) is 3.06. The fraction of sp³-hybridized carbons (Fsp3) is 0.500. The molecule has 3 aromatic rings. The Hall–Kier alpha value is -2.40. The van der Waals surface area contributed by atoms with Crippen LogP contribution in [0, 0.1) is 6.92 Å². The molecule has 0 aromatic carbocycles. The zero-order chi connectivity index (χ0) is 21.0. The molecule has 0 aliphatic rings. The number of rotatable bonds is 9. The maximum Gasteiger partial charge on any atom is 0.213 e. The van der Waals surface area contributed by atoms with Crippen molar-refractivity contribution in [3.05, 3.63) is 41.2 Å². The van der Waals surface area contributed by atoms with E-state index in [0.29, 0.717) is 12.5 Å². The Bertz CT molecular complexity index is 978. The molecular formula is C24H33N3O2. The predicted octanol–water partition coefficient (Wildman–Crippen LogP) is 5.26. The van der Waals surface area contributed by atoms with Gasteiger partial charge in [-0.1, -0.05) is 20.8 Å². The van der Waals surface area contributed by atoms with E-state index in [9.17, 15) is 5.11 Å². The van der Waals surface area contributed by atoms with Crippen LogP contribution in [0.3, 0.4) is 0 Å². The molecule has 0 bridgehead atoms. The van der Waals surface area contributed by atoms with Gasteiger partial charge in [-0.15, -0.1) is 0 Å². The number of aryl methyl sites for hydroxylation is 3. The normalized spacial score (nSPS) is 12.5. The van der Waals surface area contributed by atoms with E-state index < -0.39 is 0 Å². The number of ether oxygens (including phenoxy) is 1. The number of aromatic nitrogens is 3. The highest BCUT2D eigenvalue weighted by Crippen LogP contribution is 2.33. The highest BCUT2D eigenvalue weighted by atomic mass is 16.5. The molecule has 3 heterocycles. The van der Waals surface area contributed by atoms with Gasteiger partial charge in [0.2, 0.25) is 5.88 Å². The van der Waals surface area contributed by atoms with Crippen molar-refractivity contribution in [3.8, 4) is 17.1 Å². The van der Waals surface area contributed by atoms with Crippen molar-refractivity contribution in [1.29, 1.82) is 0 Å². The Morgan fingerprint density at radius 1 is 1.10 bits per heavy atom. The number of aliphatic hydroxyl groups is 1. The van der Waals surface area contributed by atoms with Crippen LogP contribution < -0.4 is 4.74 Å². The van der Waals surface area contributed by atoms with Crippen LogP contribution in [0.4, 0.5) is 0 Å². The third-order valence-corrected chi connectivity index (χ3v) is 5.60. The second-order valence-corrected chi connectivity index (χ2v) is 7.44. The third kappa shape index (κ3) is 4.15. The summed E-state index contributed by atoms with van der Waals surface area (Å²) < 4.78 is 7.89. The molecule has 0 saturated carbocycles. The quantitative estimate of drug-likeness (QED) is 0.537. The van der Waals surface area contributed by atoms with Gasteiger partial charge in [-0.25, -0.2) is 9.97 Å². The van der Waals surface area contributed by atoms with Crippen molar-refractivity contribution in [2.75, 3.05) is 13.2 Å². The molecule has 5 heteroatoms. The molecule has 29 heavy (non-hydrogen) atoms. The first-order valence-corrected chi connectivity index (χ1v) is 10.8. The van der Waals surface area contributed by atoms with Crippen LogP contribution in [0.25, 0.3) is 22.3 Å². The van der Waals surface area contributed by atoms with Crippen molar-refractivity contribution >= 4 is 11.0 Å². The lowest BCUT2D eigenvalue weighted by molar-refractivity contribution is 0.256. The summed E-state index contributed by atoms with van der Waals surface area (Å²) in [5, 5.41) is 9.47. The zero-order valence-corrected chi connectivity index (χ0v) is 18.3. The van der Waals surface area contributed by atoms with Crippen LogP contribution >= 0.6 is 0 Å². The molecule has 0 spiro atoms. The number of nitrogens with zero attached hydrogens (tertiary/aromatic N) is 3. The lowest BCUT2D eigenvalue weighted by Gasteiger charge is -2.18. The van der Waals surface area contributed by atoms with Gasteiger partial charge in [0.15, 0.2) is 0 Å². The van der Waals surface area contributed by atoms with E-state index in [1.807, 2.05) is 13.0 Å². The van der Waals surface area contributed by atoms with E-state index >= 15 is 0 Å². The first-order valence-electron chi connectivity index (χ1n) is 10.8. The molecule has 1 N–H and O–H groups in total. The molecule has 3 rings (SSSR count). The number of hydrogen-bond donors (Lipinski definition) is 1. The SMILES string of the molecule is CCOc1ccc(-c2nc3c(C)cn([C@H](CC)CCO)c3cc2CC)c(CC)n1. The highest BCUT2D eigenvalue weighted by molar-refractivity contribution is 5.84. The second-order valence-electron chi connectivity index (χ2n) is 7.44. The minimum atomic E-state index is 0.196. The minimum absolute atomic E-state index is 0.196. The minimum Gasteiger partial charge on any atom is -0.478 e. The third-order valence-electron chi connectivity index (χ3n) is 5.60. The van der Waals surface area contributed by atoms with Gasteiger partial charge in [0, 0.05) is 30.5 Å². The van der Waals surface area contributed by atoms with Crippen LogP contribution in [0.1, 0.15) is 63.4 Å². The Morgan fingerprint density at radius 3 is 2.52 bits per heavy atom. The summed E-state index contributed by atoms with van der Waals surface area (Å²) >= 11 is 0. The molecule has 0 saturated heterocycles. The lowest BCUT2D eigenvalue weighted by atomic mass is 10.0. The number of aliphatic hydroxyl groups excluding tert-OH is 1. The van der Waals surface area contributed by atoms with E-state index in [1.165, 1.54) is 5.56 Å². The molecule has 5 nitrogen and oxygen atoms in total. The molecule has 156 valence electrons. The summed E-state index contributed by atoms with van der Waals surface area (Å²) in [7, 11) is 0. The lowest BCUT2D eigenvalue weighted by Crippen LogP contribution is -2.09. The average molecular weight is 396 g/mol. The maximum absolute atomic E-state index is 9.47. The Morgan fingerprint density at radius 2 is 1.90 bits per heavy atom. The molecule has 0 unspecified atom stereocenters. The summed E-state index contributed by atoms with van der Waals surface area (Å²) in [6.45, 7) is 11.4. The fourth-order valence-corrected chi connectivity index (χ4v) is 4.06. The van der Waals surface area contributed by atoms with Crippen molar-refractivity contribution in [2.45, 2.75) is 66.3 Å². The van der Waals surface area contributed by atoms with E-state index in [4.69, 9.17) is 14.7 Å². The monoisotopic (exact) mass is 395 g/mol. The van der Waals surface area contributed by atoms with Gasteiger partial charge < -0.3 is 14.4 Å². The van der Waals surface area contributed by atoms with Crippen LogP contribution in [-0.2, 0) is 12.8 Å². The van der Waals surface area contributed by atoms with Crippen molar-refractivity contribution < 1.29 is 9.84 Å². The Kier molecular flexibility index (Phi) is 6.91. The molecule has 0 aliphatic heterocycles. The van der Waals surface area contributed by atoms with Gasteiger partial charge in [-0.3, -0.25) is 0 Å². The van der Waals surface area contributed by atoms with E-state index in [-0.39, 0.29) is 12.6 Å². The molecule has 0 amide bonds. The van der Waals surface area contributed by atoms with Gasteiger partial charge in [0.25, 0.3) is 0 Å². The molecule has 0 aliphatic carbocycles. The van der Waals surface area contributed by atoms with E-state index in [0.717, 1.165) is 59.2 Å². The first kappa shape index (κ1) is 21.3. The highest BCUT2D eigenvalue weighted by Gasteiger charge is 2.19. The largest absolute Gasteiger partial charge is 0.478 e. The topological polar surface area (TPSA) is 60.2 Å².